The molecule has 0 radical (unpaired) electrons. The number of aromatic nitrogens is 1. The van der Waals surface area contributed by atoms with Crippen molar-refractivity contribution in [2.75, 3.05) is 13.2 Å². The van der Waals surface area contributed by atoms with Crippen LogP contribution in [-0.2, 0) is 19.5 Å². The summed E-state index contributed by atoms with van der Waals surface area (Å²) in [5, 5.41) is 9.85. The molecule has 5 nitrogen and oxygen atoms in total. The number of benzene rings is 1. The average Bonchev–Trinajstić information content (AvgIpc) is 3.11. The molecular weight excluding hydrogens is 332 g/mol. The predicted molar refractivity (Wildman–Crippen MR) is 105 cm³/mol. The van der Waals surface area contributed by atoms with E-state index in [1.165, 1.54) is 0 Å². The van der Waals surface area contributed by atoms with Gasteiger partial charge in [0, 0.05) is 17.5 Å². The van der Waals surface area contributed by atoms with Gasteiger partial charge in [0.15, 0.2) is 5.96 Å². The van der Waals surface area contributed by atoms with Gasteiger partial charge in [0.25, 0.3) is 0 Å². The molecule has 1 aromatic carbocycles. The number of aryl methyl sites for hydroxylation is 1. The predicted octanol–water partition coefficient (Wildman–Crippen LogP) is 3.53. The van der Waals surface area contributed by atoms with Gasteiger partial charge in [-0.2, -0.15) is 0 Å². The number of aliphatic imine (C=N–C) groups is 1. The Hall–Kier alpha value is -2.34. The van der Waals surface area contributed by atoms with Crippen LogP contribution in [-0.4, -0.2) is 24.1 Å². The van der Waals surface area contributed by atoms with Crippen molar-refractivity contribution >= 4 is 17.3 Å². The van der Waals surface area contributed by atoms with Gasteiger partial charge in [0.2, 0.25) is 0 Å². The van der Waals surface area contributed by atoms with Crippen LogP contribution in [0.2, 0.25) is 0 Å². The van der Waals surface area contributed by atoms with E-state index in [-0.39, 0.29) is 0 Å². The van der Waals surface area contributed by atoms with E-state index in [4.69, 9.17) is 4.74 Å². The lowest BCUT2D eigenvalue weighted by atomic mass is 10.2. The van der Waals surface area contributed by atoms with E-state index in [1.54, 1.807) is 17.4 Å². The Labute approximate surface area is 153 Å². The first kappa shape index (κ1) is 19.0. The maximum absolute atomic E-state index is 5.69. The molecule has 0 aliphatic carbocycles. The van der Waals surface area contributed by atoms with E-state index in [0.717, 1.165) is 40.9 Å². The molecule has 6 heteroatoms. The topological polar surface area (TPSA) is 58.5 Å². The molecule has 2 N–H and O–H groups in total. The highest BCUT2D eigenvalue weighted by Gasteiger charge is 2.05. The molecule has 0 saturated heterocycles. The van der Waals surface area contributed by atoms with Crippen LogP contribution in [0.1, 0.15) is 30.1 Å². The van der Waals surface area contributed by atoms with Gasteiger partial charge >= 0.3 is 0 Å². The number of para-hydroxylation sites is 1. The maximum atomic E-state index is 5.69. The van der Waals surface area contributed by atoms with Crippen molar-refractivity contribution in [2.24, 2.45) is 4.99 Å². The second kappa shape index (κ2) is 10.5. The van der Waals surface area contributed by atoms with Crippen LogP contribution < -0.4 is 15.4 Å². The van der Waals surface area contributed by atoms with Gasteiger partial charge in [-0.15, -0.1) is 11.3 Å². The van der Waals surface area contributed by atoms with Gasteiger partial charge in [-0.1, -0.05) is 37.8 Å². The zero-order valence-electron chi connectivity index (χ0n) is 14.9. The lowest BCUT2D eigenvalue weighted by molar-refractivity contribution is 0.359. The van der Waals surface area contributed by atoms with Crippen LogP contribution in [0.15, 0.2) is 47.3 Å². The van der Waals surface area contributed by atoms with E-state index < -0.39 is 0 Å². The first-order valence-corrected chi connectivity index (χ1v) is 9.41. The van der Waals surface area contributed by atoms with Crippen molar-refractivity contribution in [2.45, 2.75) is 33.4 Å². The number of rotatable bonds is 9. The van der Waals surface area contributed by atoms with Gasteiger partial charge in [0.1, 0.15) is 12.4 Å². The second-order valence-corrected chi connectivity index (χ2v) is 6.28. The van der Waals surface area contributed by atoms with Crippen LogP contribution in [0.3, 0.4) is 0 Å². The van der Waals surface area contributed by atoms with Crippen LogP contribution >= 0.6 is 11.3 Å². The molecule has 0 unspecified atom stereocenters. The van der Waals surface area contributed by atoms with Crippen molar-refractivity contribution < 1.29 is 4.74 Å². The Morgan fingerprint density at radius 3 is 2.88 bits per heavy atom. The monoisotopic (exact) mass is 358 g/mol. The molecule has 1 heterocycles. The zero-order chi connectivity index (χ0) is 17.9. The smallest absolute Gasteiger partial charge is 0.191 e. The van der Waals surface area contributed by atoms with Gasteiger partial charge in [-0.05, 0) is 19.4 Å². The summed E-state index contributed by atoms with van der Waals surface area (Å²) in [4.78, 5) is 9.23. The summed E-state index contributed by atoms with van der Waals surface area (Å²) in [6.07, 6.45) is 2.71. The third kappa shape index (κ3) is 6.23. The summed E-state index contributed by atoms with van der Waals surface area (Å²) in [5.41, 5.74) is 2.09. The highest BCUT2D eigenvalue weighted by Crippen LogP contribution is 2.18. The number of hydrogen-bond acceptors (Lipinski definition) is 4. The second-order valence-electron chi connectivity index (χ2n) is 5.34. The largest absolute Gasteiger partial charge is 0.489 e. The lowest BCUT2D eigenvalue weighted by Crippen LogP contribution is -2.36. The molecule has 1 aromatic heterocycles. The Kier molecular flexibility index (Phi) is 7.98. The van der Waals surface area contributed by atoms with Crippen LogP contribution in [0.5, 0.6) is 5.75 Å². The standard InChI is InChI=1S/C19H26N4OS/c1-4-11-24-17-10-8-7-9-15(17)12-21-19(20-6-3)22-13-16-14-25-18(5-2)23-16/h4,7-10,14H,1,5-6,11-13H2,2-3H3,(H2,20,21,22). The van der Waals surface area contributed by atoms with Crippen molar-refractivity contribution in [3.63, 3.8) is 0 Å². The summed E-state index contributed by atoms with van der Waals surface area (Å²) in [6, 6.07) is 7.94. The number of guanidine groups is 1. The summed E-state index contributed by atoms with van der Waals surface area (Å²) < 4.78 is 5.69. The number of thiazole rings is 1. The van der Waals surface area contributed by atoms with Crippen LogP contribution in [0.4, 0.5) is 0 Å². The lowest BCUT2D eigenvalue weighted by Gasteiger charge is -2.12. The maximum Gasteiger partial charge on any atom is 0.191 e. The third-order valence-electron chi connectivity index (χ3n) is 3.42. The van der Waals surface area contributed by atoms with Crippen LogP contribution in [0.25, 0.3) is 0 Å². The van der Waals surface area contributed by atoms with Gasteiger partial charge in [-0.3, -0.25) is 0 Å². The van der Waals surface area contributed by atoms with E-state index in [9.17, 15) is 0 Å². The molecule has 0 saturated carbocycles. The summed E-state index contributed by atoms with van der Waals surface area (Å²) in [5.74, 6) is 1.61. The molecule has 134 valence electrons. The molecular formula is C19H26N4OS. The fourth-order valence-corrected chi connectivity index (χ4v) is 2.94. The Balaban J connectivity index is 2.00. The third-order valence-corrected chi connectivity index (χ3v) is 4.46. The fraction of sp³-hybridized carbons (Fsp3) is 0.368. The van der Waals surface area contributed by atoms with Crippen molar-refractivity contribution in [1.29, 1.82) is 0 Å². The molecule has 0 atom stereocenters. The summed E-state index contributed by atoms with van der Waals surface area (Å²) >= 11 is 1.70. The minimum atomic E-state index is 0.489. The van der Waals surface area contributed by atoms with Crippen molar-refractivity contribution in [3.05, 3.63) is 58.6 Å². The number of nitrogens with zero attached hydrogens (tertiary/aromatic N) is 2. The highest BCUT2D eigenvalue weighted by molar-refractivity contribution is 7.09. The van der Waals surface area contributed by atoms with E-state index in [1.807, 2.05) is 24.3 Å². The number of nitrogens with one attached hydrogen (secondary N) is 2. The average molecular weight is 359 g/mol. The van der Waals surface area contributed by atoms with E-state index >= 15 is 0 Å². The normalized spacial score (nSPS) is 11.2. The fourth-order valence-electron chi connectivity index (χ4n) is 2.20. The molecule has 0 fully saturated rings. The Morgan fingerprint density at radius 2 is 2.16 bits per heavy atom. The molecule has 0 amide bonds. The number of ether oxygens (including phenoxy) is 1. The first-order chi connectivity index (χ1) is 12.3. The number of hydrogen-bond donors (Lipinski definition) is 2. The van der Waals surface area contributed by atoms with Gasteiger partial charge in [-0.25, -0.2) is 9.98 Å². The summed E-state index contributed by atoms with van der Waals surface area (Å²) in [7, 11) is 0. The summed E-state index contributed by atoms with van der Waals surface area (Å²) in [6.45, 7) is 10.4. The quantitative estimate of drug-likeness (QED) is 0.409. The minimum absolute atomic E-state index is 0.489. The Morgan fingerprint density at radius 1 is 1.32 bits per heavy atom. The first-order valence-electron chi connectivity index (χ1n) is 8.53. The molecule has 0 spiro atoms. The van der Waals surface area contributed by atoms with E-state index in [0.29, 0.717) is 19.7 Å². The molecule has 25 heavy (non-hydrogen) atoms. The van der Waals surface area contributed by atoms with E-state index in [2.05, 4.69) is 46.4 Å². The zero-order valence-corrected chi connectivity index (χ0v) is 15.7. The van der Waals surface area contributed by atoms with Gasteiger partial charge in [0.05, 0.1) is 23.8 Å². The van der Waals surface area contributed by atoms with Crippen molar-refractivity contribution in [1.82, 2.24) is 15.6 Å². The molecule has 2 rings (SSSR count). The SMILES string of the molecule is C=CCOc1ccccc1CN=C(NCC)NCc1csc(CC)n1. The molecule has 0 aliphatic rings. The highest BCUT2D eigenvalue weighted by atomic mass is 32.1. The Bertz CT molecular complexity index is 696. The molecule has 0 aliphatic heterocycles. The molecule has 0 bridgehead atoms. The minimum Gasteiger partial charge on any atom is -0.489 e. The van der Waals surface area contributed by atoms with Crippen LogP contribution in [0, 0.1) is 0 Å². The van der Waals surface area contributed by atoms with Gasteiger partial charge < -0.3 is 15.4 Å². The van der Waals surface area contributed by atoms with Crippen molar-refractivity contribution in [3.8, 4) is 5.75 Å². The molecule has 2 aromatic rings.